The van der Waals surface area contributed by atoms with Crippen molar-refractivity contribution in [3.63, 3.8) is 0 Å². The highest BCUT2D eigenvalue weighted by atomic mass is 32.2. The maximum Gasteiger partial charge on any atom is 0.241 e. The predicted molar refractivity (Wildman–Crippen MR) is 129 cm³/mol. The SMILES string of the molecule is C[C@H](NCC(=O)N(c1ccccc1)[C@H]1CCS(=O)(=O)C1)c1ccc(-c2ccccc2)cc1. The second-order valence-corrected chi connectivity index (χ2v) is 10.5. The second-order valence-electron chi connectivity index (χ2n) is 8.25. The largest absolute Gasteiger partial charge is 0.307 e. The highest BCUT2D eigenvalue weighted by Crippen LogP contribution is 2.25. The van der Waals surface area contributed by atoms with Gasteiger partial charge in [0.25, 0.3) is 0 Å². The number of para-hydroxylation sites is 1. The molecule has 2 atom stereocenters. The van der Waals surface area contributed by atoms with Crippen LogP contribution in [0, 0.1) is 0 Å². The number of rotatable bonds is 7. The summed E-state index contributed by atoms with van der Waals surface area (Å²) < 4.78 is 24.1. The number of hydrogen-bond donors (Lipinski definition) is 1. The summed E-state index contributed by atoms with van der Waals surface area (Å²) in [4.78, 5) is 14.8. The quantitative estimate of drug-likeness (QED) is 0.588. The Balaban J connectivity index is 1.43. The Bertz CT molecular complexity index is 1150. The van der Waals surface area contributed by atoms with Gasteiger partial charge in [-0.25, -0.2) is 8.42 Å². The minimum atomic E-state index is -3.10. The summed E-state index contributed by atoms with van der Waals surface area (Å²) >= 11 is 0. The molecule has 1 aliphatic heterocycles. The summed E-state index contributed by atoms with van der Waals surface area (Å²) in [6.45, 7) is 2.16. The van der Waals surface area contributed by atoms with Gasteiger partial charge in [0.15, 0.2) is 9.84 Å². The maximum absolute atomic E-state index is 13.2. The van der Waals surface area contributed by atoms with Crippen LogP contribution in [0.5, 0.6) is 0 Å². The van der Waals surface area contributed by atoms with Crippen LogP contribution in [0.25, 0.3) is 11.1 Å². The van der Waals surface area contributed by atoms with Gasteiger partial charge < -0.3 is 10.2 Å². The normalized spacial score (nSPS) is 18.2. The van der Waals surface area contributed by atoms with Gasteiger partial charge in [-0.05, 0) is 42.2 Å². The van der Waals surface area contributed by atoms with E-state index in [1.54, 1.807) is 4.90 Å². The van der Waals surface area contributed by atoms with E-state index in [-0.39, 0.29) is 36.0 Å². The molecule has 1 aliphatic rings. The molecule has 0 saturated carbocycles. The minimum Gasteiger partial charge on any atom is -0.307 e. The average molecular weight is 449 g/mol. The standard InChI is InChI=1S/C26H28N2O3S/c1-20(21-12-14-23(15-13-21)22-8-4-2-5-9-22)27-18-26(29)28(24-10-6-3-7-11-24)25-16-17-32(30,31)19-25/h2-15,20,25,27H,16-19H2,1H3/t20-,25-/m0/s1. The van der Waals surface area contributed by atoms with Crippen LogP contribution < -0.4 is 10.2 Å². The van der Waals surface area contributed by atoms with E-state index in [1.165, 1.54) is 5.56 Å². The monoisotopic (exact) mass is 448 g/mol. The molecule has 0 aromatic heterocycles. The summed E-state index contributed by atoms with van der Waals surface area (Å²) in [6, 6.07) is 27.5. The van der Waals surface area contributed by atoms with Crippen LogP contribution >= 0.6 is 0 Å². The molecular weight excluding hydrogens is 420 g/mol. The number of hydrogen-bond acceptors (Lipinski definition) is 4. The van der Waals surface area contributed by atoms with Gasteiger partial charge in [-0.1, -0.05) is 72.8 Å². The zero-order chi connectivity index (χ0) is 22.6. The van der Waals surface area contributed by atoms with E-state index in [0.29, 0.717) is 6.42 Å². The van der Waals surface area contributed by atoms with Crippen LogP contribution in [0.2, 0.25) is 0 Å². The van der Waals surface area contributed by atoms with Crippen molar-refractivity contribution in [3.05, 3.63) is 90.5 Å². The first-order chi connectivity index (χ1) is 15.4. The number of carbonyl (C=O) groups excluding carboxylic acids is 1. The zero-order valence-electron chi connectivity index (χ0n) is 18.1. The van der Waals surface area contributed by atoms with Crippen molar-refractivity contribution in [2.45, 2.75) is 25.4 Å². The summed E-state index contributed by atoms with van der Waals surface area (Å²) in [5, 5.41) is 3.31. The molecule has 3 aromatic carbocycles. The van der Waals surface area contributed by atoms with Crippen LogP contribution in [-0.4, -0.2) is 38.4 Å². The molecule has 0 bridgehead atoms. The van der Waals surface area contributed by atoms with Crippen LogP contribution in [0.3, 0.4) is 0 Å². The molecule has 3 aromatic rings. The number of carbonyl (C=O) groups is 1. The van der Waals surface area contributed by atoms with Crippen molar-refractivity contribution >= 4 is 21.4 Å². The topological polar surface area (TPSA) is 66.5 Å². The maximum atomic E-state index is 13.2. The van der Waals surface area contributed by atoms with E-state index >= 15 is 0 Å². The van der Waals surface area contributed by atoms with Crippen LogP contribution in [-0.2, 0) is 14.6 Å². The molecule has 1 heterocycles. The first kappa shape index (κ1) is 22.2. The Morgan fingerprint density at radius 3 is 2.12 bits per heavy atom. The van der Waals surface area contributed by atoms with Crippen molar-refractivity contribution in [3.8, 4) is 11.1 Å². The summed E-state index contributed by atoms with van der Waals surface area (Å²) in [5.74, 6) is 0.0294. The fourth-order valence-corrected chi connectivity index (χ4v) is 5.86. The lowest BCUT2D eigenvalue weighted by Crippen LogP contribution is -2.46. The molecule has 4 rings (SSSR count). The van der Waals surface area contributed by atoms with E-state index in [1.807, 2.05) is 55.5 Å². The van der Waals surface area contributed by atoms with Gasteiger partial charge in [-0.15, -0.1) is 0 Å². The third kappa shape index (κ3) is 5.26. The molecule has 0 radical (unpaired) electrons. The number of nitrogens with one attached hydrogen (secondary N) is 1. The van der Waals surface area contributed by atoms with E-state index in [0.717, 1.165) is 16.8 Å². The lowest BCUT2D eigenvalue weighted by molar-refractivity contribution is -0.118. The fraction of sp³-hybridized carbons (Fsp3) is 0.269. The minimum absolute atomic E-state index is 0.0180. The summed E-state index contributed by atoms with van der Waals surface area (Å²) in [7, 11) is -3.10. The number of sulfone groups is 1. The molecule has 5 nitrogen and oxygen atoms in total. The van der Waals surface area contributed by atoms with Crippen LogP contribution in [0.15, 0.2) is 84.9 Å². The van der Waals surface area contributed by atoms with Crippen molar-refractivity contribution in [2.75, 3.05) is 23.0 Å². The Labute approximate surface area is 190 Å². The van der Waals surface area contributed by atoms with Crippen LogP contribution in [0.4, 0.5) is 5.69 Å². The molecule has 166 valence electrons. The second kappa shape index (κ2) is 9.67. The smallest absolute Gasteiger partial charge is 0.241 e. The summed E-state index contributed by atoms with van der Waals surface area (Å²) in [6.07, 6.45) is 0.472. The van der Waals surface area contributed by atoms with Gasteiger partial charge in [0.05, 0.1) is 24.1 Å². The highest BCUT2D eigenvalue weighted by molar-refractivity contribution is 7.91. The molecule has 1 amide bonds. The molecule has 6 heteroatoms. The first-order valence-corrected chi connectivity index (χ1v) is 12.7. The van der Waals surface area contributed by atoms with Gasteiger partial charge >= 0.3 is 0 Å². The third-order valence-corrected chi connectivity index (χ3v) is 7.70. The van der Waals surface area contributed by atoms with E-state index < -0.39 is 9.84 Å². The molecule has 0 aliphatic carbocycles. The lowest BCUT2D eigenvalue weighted by atomic mass is 10.0. The van der Waals surface area contributed by atoms with Crippen molar-refractivity contribution in [1.82, 2.24) is 5.32 Å². The number of benzene rings is 3. The Morgan fingerprint density at radius 2 is 1.53 bits per heavy atom. The van der Waals surface area contributed by atoms with E-state index in [4.69, 9.17) is 0 Å². The Hall–Kier alpha value is -2.96. The Kier molecular flexibility index (Phi) is 6.72. The van der Waals surface area contributed by atoms with Gasteiger partial charge in [0, 0.05) is 11.7 Å². The van der Waals surface area contributed by atoms with E-state index in [2.05, 4.69) is 41.7 Å². The average Bonchev–Trinajstić information content (AvgIpc) is 3.18. The highest BCUT2D eigenvalue weighted by Gasteiger charge is 2.35. The Morgan fingerprint density at radius 1 is 0.938 bits per heavy atom. The van der Waals surface area contributed by atoms with Crippen molar-refractivity contribution in [1.29, 1.82) is 0 Å². The fourth-order valence-electron chi connectivity index (χ4n) is 4.16. The molecule has 0 spiro atoms. The first-order valence-electron chi connectivity index (χ1n) is 10.9. The molecule has 1 saturated heterocycles. The van der Waals surface area contributed by atoms with Gasteiger partial charge in [0.1, 0.15) is 0 Å². The van der Waals surface area contributed by atoms with Gasteiger partial charge in [-0.3, -0.25) is 4.79 Å². The van der Waals surface area contributed by atoms with E-state index in [9.17, 15) is 13.2 Å². The number of anilines is 1. The van der Waals surface area contributed by atoms with Crippen molar-refractivity contribution in [2.24, 2.45) is 0 Å². The van der Waals surface area contributed by atoms with Crippen LogP contribution in [0.1, 0.15) is 24.9 Å². The molecule has 0 unspecified atom stereocenters. The number of amides is 1. The molecule has 1 fully saturated rings. The van der Waals surface area contributed by atoms with Crippen molar-refractivity contribution < 1.29 is 13.2 Å². The molecule has 32 heavy (non-hydrogen) atoms. The lowest BCUT2D eigenvalue weighted by Gasteiger charge is -2.29. The van der Waals surface area contributed by atoms with Gasteiger partial charge in [0.2, 0.25) is 5.91 Å². The summed E-state index contributed by atoms with van der Waals surface area (Å²) in [5.41, 5.74) is 4.14. The molecular formula is C26H28N2O3S. The zero-order valence-corrected chi connectivity index (χ0v) is 19.0. The number of nitrogens with zero attached hydrogens (tertiary/aromatic N) is 1. The third-order valence-electron chi connectivity index (χ3n) is 5.95. The van der Waals surface area contributed by atoms with Gasteiger partial charge in [-0.2, -0.15) is 0 Å². The predicted octanol–water partition coefficient (Wildman–Crippen LogP) is 4.22. The molecule has 1 N–H and O–H groups in total.